The van der Waals surface area contributed by atoms with Crippen molar-refractivity contribution in [3.05, 3.63) is 89.5 Å². The number of hydrogen-bond donors (Lipinski definition) is 2. The molecule has 1 aliphatic rings. The van der Waals surface area contributed by atoms with Crippen LogP contribution in [0.25, 0.3) is 21.9 Å². The topological polar surface area (TPSA) is 76.1 Å². The number of rotatable bonds is 10. The van der Waals surface area contributed by atoms with Crippen molar-refractivity contribution in [1.29, 1.82) is 0 Å². The third-order valence-electron chi connectivity index (χ3n) is 7.31. The third kappa shape index (κ3) is 6.83. The van der Waals surface area contributed by atoms with Crippen molar-refractivity contribution in [3.8, 4) is 22.6 Å². The van der Waals surface area contributed by atoms with Gasteiger partial charge in [-0.3, -0.25) is 4.90 Å². The van der Waals surface area contributed by atoms with E-state index in [0.29, 0.717) is 45.4 Å². The highest BCUT2D eigenvalue weighted by molar-refractivity contribution is 7.98. The van der Waals surface area contributed by atoms with Crippen LogP contribution < -0.4 is 8.92 Å². The van der Waals surface area contributed by atoms with E-state index >= 15 is 0 Å². The lowest BCUT2D eigenvalue weighted by atomic mass is 9.88. The molecule has 1 fully saturated rings. The molecule has 1 saturated heterocycles. The van der Waals surface area contributed by atoms with Crippen LogP contribution in [-0.2, 0) is 11.0 Å². The number of halogens is 2. The summed E-state index contributed by atoms with van der Waals surface area (Å²) in [4.78, 5) is 2.65. The van der Waals surface area contributed by atoms with E-state index in [1.807, 2.05) is 0 Å². The Morgan fingerprint density at radius 2 is 1.66 bits per heavy atom. The Labute approximate surface area is 244 Å². The van der Waals surface area contributed by atoms with Crippen molar-refractivity contribution < 1.29 is 31.2 Å². The van der Waals surface area contributed by atoms with Crippen molar-refractivity contribution in [2.75, 3.05) is 32.5 Å². The van der Waals surface area contributed by atoms with Gasteiger partial charge in [0.25, 0.3) is 11.0 Å². The van der Waals surface area contributed by atoms with E-state index in [-0.39, 0.29) is 10.6 Å². The summed E-state index contributed by atoms with van der Waals surface area (Å²) in [6, 6.07) is 17.3. The van der Waals surface area contributed by atoms with Gasteiger partial charge in [0, 0.05) is 23.7 Å². The molecule has 0 aromatic heterocycles. The van der Waals surface area contributed by atoms with E-state index in [4.69, 9.17) is 8.92 Å². The molecule has 1 unspecified atom stereocenters. The Kier molecular flexibility index (Phi) is 9.44. The Hall–Kier alpha value is -3.18. The van der Waals surface area contributed by atoms with Crippen molar-refractivity contribution in [2.24, 2.45) is 0 Å². The van der Waals surface area contributed by atoms with Gasteiger partial charge in [0.1, 0.15) is 35.8 Å². The first kappa shape index (κ1) is 29.3. The van der Waals surface area contributed by atoms with Crippen molar-refractivity contribution >= 4 is 33.5 Å². The maximum atomic E-state index is 14.8. The van der Waals surface area contributed by atoms with Crippen molar-refractivity contribution in [2.45, 2.75) is 30.3 Å². The first-order valence-corrected chi connectivity index (χ1v) is 15.7. The predicted molar refractivity (Wildman–Crippen MR) is 158 cm³/mol. The van der Waals surface area contributed by atoms with E-state index in [1.165, 1.54) is 31.4 Å². The molecule has 1 atom stereocenters. The average Bonchev–Trinajstić information content (AvgIpc) is 2.96. The zero-order valence-electron chi connectivity index (χ0n) is 22.5. The van der Waals surface area contributed by atoms with E-state index in [9.17, 15) is 22.3 Å². The summed E-state index contributed by atoms with van der Waals surface area (Å²) in [5.74, 6) is -0.622. The molecule has 0 amide bonds. The molecule has 10 heteroatoms. The number of thiol groups is 1. The number of thioether (sulfide) groups is 1. The Balaban J connectivity index is 1.51. The SMILES string of the molecule is CSc1c(F)cc(F)cc1-c1ccc2cc(O[SH](=O)=O)ccc2c1C(O)c1ccc(OCCN2CCCCC2)cc1. The summed E-state index contributed by atoms with van der Waals surface area (Å²) < 4.78 is 62.2. The minimum atomic E-state index is -3.11. The molecule has 216 valence electrons. The number of fused-ring (bicyclic) bond motifs is 1. The van der Waals surface area contributed by atoms with Crippen LogP contribution in [0, 0.1) is 11.6 Å². The Morgan fingerprint density at radius 3 is 2.37 bits per heavy atom. The monoisotopic (exact) mass is 599 g/mol. The lowest BCUT2D eigenvalue weighted by Gasteiger charge is -2.26. The summed E-state index contributed by atoms with van der Waals surface area (Å²) in [6.45, 7) is 3.62. The fourth-order valence-corrected chi connectivity index (χ4v) is 6.29. The molecule has 1 N–H and O–H groups in total. The molecule has 0 aliphatic carbocycles. The number of likely N-dealkylation sites (tertiary alicyclic amines) is 1. The van der Waals surface area contributed by atoms with Crippen LogP contribution in [0.5, 0.6) is 11.5 Å². The zero-order valence-corrected chi connectivity index (χ0v) is 24.2. The second-order valence-corrected chi connectivity index (χ2v) is 11.4. The standard InChI is InChI=1S/C31H31F2NO5S2/c1-40-31-27(18-22(32)19-28(31)33)26-11-7-21-17-24(39-41(36)37)10-12-25(21)29(26)30(35)20-5-8-23(9-6-20)38-16-15-34-13-3-2-4-14-34/h5-12,17-19,30,35,41H,2-4,13-16H2,1H3. The normalized spacial score (nSPS) is 14.9. The second kappa shape index (κ2) is 13.2. The number of aliphatic hydroxyl groups excluding tert-OH is 1. The molecule has 1 heterocycles. The predicted octanol–water partition coefficient (Wildman–Crippen LogP) is 6.36. The largest absolute Gasteiger partial charge is 0.492 e. The number of piperidine rings is 1. The third-order valence-corrected chi connectivity index (χ3v) is 8.49. The maximum absolute atomic E-state index is 14.8. The molecule has 0 radical (unpaired) electrons. The molecule has 0 bridgehead atoms. The van der Waals surface area contributed by atoms with Crippen molar-refractivity contribution in [3.63, 3.8) is 0 Å². The van der Waals surface area contributed by atoms with Crippen LogP contribution in [0.1, 0.15) is 36.5 Å². The number of benzene rings is 4. The van der Waals surface area contributed by atoms with Crippen LogP contribution in [0.2, 0.25) is 0 Å². The zero-order chi connectivity index (χ0) is 28.9. The average molecular weight is 600 g/mol. The number of ether oxygens (including phenoxy) is 1. The van der Waals surface area contributed by atoms with Gasteiger partial charge in [0.05, 0.1) is 4.90 Å². The quantitative estimate of drug-likeness (QED) is 0.162. The van der Waals surface area contributed by atoms with Gasteiger partial charge in [0.2, 0.25) is 0 Å². The lowest BCUT2D eigenvalue weighted by Crippen LogP contribution is -2.33. The molecule has 4 aromatic rings. The Morgan fingerprint density at radius 1 is 0.927 bits per heavy atom. The highest BCUT2D eigenvalue weighted by Gasteiger charge is 2.23. The summed E-state index contributed by atoms with van der Waals surface area (Å²) in [5, 5.41) is 12.9. The fraction of sp³-hybridized carbons (Fsp3) is 0.290. The molecule has 0 spiro atoms. The van der Waals surface area contributed by atoms with Gasteiger partial charge in [-0.2, -0.15) is 8.42 Å². The Bertz CT molecular complexity index is 1600. The number of nitrogens with zero attached hydrogens (tertiary/aromatic N) is 1. The number of aliphatic hydroxyl groups is 1. The molecule has 0 saturated carbocycles. The molecule has 6 nitrogen and oxygen atoms in total. The van der Waals surface area contributed by atoms with Crippen molar-refractivity contribution in [1.82, 2.24) is 4.90 Å². The molecule has 5 rings (SSSR count). The van der Waals surface area contributed by atoms with Gasteiger partial charge < -0.3 is 14.0 Å². The minimum absolute atomic E-state index is 0.120. The highest BCUT2D eigenvalue weighted by Crippen LogP contribution is 2.42. The van der Waals surface area contributed by atoms with E-state index in [2.05, 4.69) is 4.90 Å². The number of hydrogen-bond acceptors (Lipinski definition) is 7. The highest BCUT2D eigenvalue weighted by atomic mass is 32.2. The van der Waals surface area contributed by atoms with Gasteiger partial charge in [0.15, 0.2) is 0 Å². The van der Waals surface area contributed by atoms with Crippen LogP contribution in [0.3, 0.4) is 0 Å². The summed E-state index contributed by atoms with van der Waals surface area (Å²) in [5.41, 5.74) is 1.76. The van der Waals surface area contributed by atoms with Crippen LogP contribution in [0.4, 0.5) is 8.78 Å². The van der Waals surface area contributed by atoms with Crippen LogP contribution in [-0.4, -0.2) is 50.9 Å². The molecular formula is C31H31F2NO5S2. The molecular weight excluding hydrogens is 568 g/mol. The van der Waals surface area contributed by atoms with Gasteiger partial charge in [-0.15, -0.1) is 11.8 Å². The molecule has 1 aliphatic heterocycles. The second-order valence-electron chi connectivity index (χ2n) is 9.92. The summed E-state index contributed by atoms with van der Waals surface area (Å²) in [7, 11) is -3.11. The van der Waals surface area contributed by atoms with Crippen LogP contribution >= 0.6 is 11.8 Å². The fourth-order valence-electron chi connectivity index (χ4n) is 5.36. The van der Waals surface area contributed by atoms with E-state index in [1.54, 1.807) is 54.8 Å². The molecule has 41 heavy (non-hydrogen) atoms. The van der Waals surface area contributed by atoms with Gasteiger partial charge >= 0.3 is 0 Å². The van der Waals surface area contributed by atoms with Gasteiger partial charge in [-0.25, -0.2) is 8.78 Å². The van der Waals surface area contributed by atoms with Crippen LogP contribution in [0.15, 0.2) is 71.6 Å². The lowest BCUT2D eigenvalue weighted by molar-refractivity contribution is 0.183. The summed E-state index contributed by atoms with van der Waals surface area (Å²) in [6.07, 6.45) is 4.25. The maximum Gasteiger partial charge on any atom is 0.299 e. The smallest absolute Gasteiger partial charge is 0.299 e. The van der Waals surface area contributed by atoms with Gasteiger partial charge in [-0.1, -0.05) is 36.8 Å². The van der Waals surface area contributed by atoms with E-state index < -0.39 is 28.7 Å². The van der Waals surface area contributed by atoms with E-state index in [0.717, 1.165) is 37.5 Å². The molecule has 4 aromatic carbocycles. The first-order valence-electron chi connectivity index (χ1n) is 13.4. The minimum Gasteiger partial charge on any atom is -0.492 e. The summed E-state index contributed by atoms with van der Waals surface area (Å²) >= 11 is 1.15. The van der Waals surface area contributed by atoms with Gasteiger partial charge in [-0.05, 0) is 84.4 Å². The first-order chi connectivity index (χ1) is 19.8.